The van der Waals surface area contributed by atoms with E-state index in [0.29, 0.717) is 30.6 Å². The molecule has 4 nitrogen and oxygen atoms in total. The van der Waals surface area contributed by atoms with Crippen LogP contribution in [0, 0.1) is 29.1 Å². The lowest BCUT2D eigenvalue weighted by Crippen LogP contribution is -2.53. The van der Waals surface area contributed by atoms with Crippen molar-refractivity contribution in [1.29, 1.82) is 0 Å². The Hall–Kier alpha value is -0.490. The minimum Gasteiger partial charge on any atom is -0.414 e. The van der Waals surface area contributed by atoms with Crippen LogP contribution in [0.1, 0.15) is 64.2 Å². The zero-order valence-electron chi connectivity index (χ0n) is 13.3. The molecule has 5 aliphatic carbocycles. The minimum atomic E-state index is -2.80. The van der Waals surface area contributed by atoms with E-state index < -0.39 is 33.6 Å². The summed E-state index contributed by atoms with van der Waals surface area (Å²) in [6.45, 7) is 0. The molecule has 0 aromatic heterocycles. The van der Waals surface area contributed by atoms with Crippen molar-refractivity contribution >= 4 is 17.0 Å². The van der Waals surface area contributed by atoms with Crippen LogP contribution < -0.4 is 0 Å². The van der Waals surface area contributed by atoms with Gasteiger partial charge in [0.2, 0.25) is 11.1 Å². The molecule has 5 fully saturated rings. The summed E-state index contributed by atoms with van der Waals surface area (Å²) < 4.78 is 41.5. The molecule has 0 amide bonds. The fourth-order valence-electron chi connectivity index (χ4n) is 6.13. The lowest BCUT2D eigenvalue weighted by atomic mass is 9.49. The fraction of sp³-hybridized carbons (Fsp3) is 0.941. The molecular weight excluding hydrogens is 319 g/mol. The molecule has 0 aromatic rings. The topological polar surface area (TPSA) is 63.6 Å². The van der Waals surface area contributed by atoms with Gasteiger partial charge in [0.05, 0.1) is 5.41 Å². The summed E-state index contributed by atoms with van der Waals surface area (Å²) in [4.78, 5) is 12.9. The van der Waals surface area contributed by atoms with E-state index in [9.17, 15) is 13.6 Å². The van der Waals surface area contributed by atoms with Crippen LogP contribution in [0.3, 0.4) is 0 Å². The molecule has 0 aliphatic heterocycles. The van der Waals surface area contributed by atoms with Gasteiger partial charge in [0, 0.05) is 5.92 Å². The number of hydrogen-bond acceptors (Lipinski definition) is 3. The van der Waals surface area contributed by atoms with E-state index in [-0.39, 0.29) is 0 Å². The smallest absolute Gasteiger partial charge is 0.354 e. The van der Waals surface area contributed by atoms with E-state index in [1.807, 2.05) is 0 Å². The highest BCUT2D eigenvalue weighted by molar-refractivity contribution is 7.80. The first-order valence-electron chi connectivity index (χ1n) is 8.94. The predicted molar refractivity (Wildman–Crippen MR) is 83.3 cm³/mol. The first kappa shape index (κ1) is 16.0. The van der Waals surface area contributed by atoms with Gasteiger partial charge in [-0.15, -0.1) is 0 Å². The molecule has 0 saturated heterocycles. The van der Waals surface area contributed by atoms with Crippen LogP contribution in [-0.2, 0) is 20.6 Å². The third kappa shape index (κ3) is 2.56. The van der Waals surface area contributed by atoms with Crippen molar-refractivity contribution in [3.63, 3.8) is 0 Å². The van der Waals surface area contributed by atoms with Crippen LogP contribution in [-0.4, -0.2) is 19.9 Å². The van der Waals surface area contributed by atoms with Gasteiger partial charge in [0.15, 0.2) is 0 Å². The average Bonchev–Trinajstić information content (AvgIpc) is 3.00. The second kappa shape index (κ2) is 5.51. The molecule has 5 aliphatic rings. The Kier molecular flexibility index (Phi) is 3.84. The summed E-state index contributed by atoms with van der Waals surface area (Å²) in [5.41, 5.74) is -0.593. The number of ether oxygens (including phenoxy) is 1. The van der Waals surface area contributed by atoms with Crippen LogP contribution in [0.15, 0.2) is 0 Å². The van der Waals surface area contributed by atoms with Crippen molar-refractivity contribution in [3.8, 4) is 0 Å². The maximum absolute atomic E-state index is 15.2. The molecule has 0 heterocycles. The maximum atomic E-state index is 15.2. The first-order valence-corrected chi connectivity index (χ1v) is 10.1. The predicted octanol–water partition coefficient (Wildman–Crippen LogP) is 3.78. The van der Waals surface area contributed by atoms with Gasteiger partial charge in [-0.25, -0.2) is 4.21 Å². The molecule has 2 atom stereocenters. The largest absolute Gasteiger partial charge is 0.414 e. The summed E-state index contributed by atoms with van der Waals surface area (Å²) in [6.07, 6.45) is 8.54. The van der Waals surface area contributed by atoms with Gasteiger partial charge in [-0.2, -0.15) is 4.39 Å². The highest BCUT2D eigenvalue weighted by Crippen LogP contribution is 2.61. The zero-order chi connectivity index (χ0) is 16.2. The molecule has 23 heavy (non-hydrogen) atoms. The van der Waals surface area contributed by atoms with Gasteiger partial charge < -0.3 is 9.29 Å². The standard InChI is InChI=1S/C17H25FO4S/c18-17(23(20)21,14-3-1-2-4-14)22-15(19)16-8-11-5-12(9-16)7-13(6-11)10-16/h11-14H,1-10H2,(H,20,21). The second-order valence-electron chi connectivity index (χ2n) is 8.40. The number of halogens is 1. The van der Waals surface area contributed by atoms with Crippen molar-refractivity contribution < 1.29 is 22.7 Å². The summed E-state index contributed by atoms with van der Waals surface area (Å²) in [5.74, 6) is 0.455. The Morgan fingerprint density at radius 1 is 1.09 bits per heavy atom. The van der Waals surface area contributed by atoms with Gasteiger partial charge in [-0.1, -0.05) is 12.8 Å². The van der Waals surface area contributed by atoms with Crippen LogP contribution in [0.25, 0.3) is 0 Å². The van der Waals surface area contributed by atoms with E-state index in [1.54, 1.807) is 0 Å². The van der Waals surface area contributed by atoms with Crippen molar-refractivity contribution in [2.75, 3.05) is 0 Å². The summed E-state index contributed by atoms with van der Waals surface area (Å²) in [7, 11) is 0. The number of esters is 1. The molecule has 5 saturated carbocycles. The van der Waals surface area contributed by atoms with Gasteiger partial charge in [0.25, 0.3) is 0 Å². The first-order chi connectivity index (χ1) is 10.9. The third-order valence-electron chi connectivity index (χ3n) is 6.78. The van der Waals surface area contributed by atoms with Crippen molar-refractivity contribution in [3.05, 3.63) is 0 Å². The number of carbonyl (C=O) groups excluding carboxylic acids is 1. The summed E-state index contributed by atoms with van der Waals surface area (Å²) in [6, 6.07) is 0. The molecular formula is C17H25FO4S. The highest BCUT2D eigenvalue weighted by atomic mass is 32.2. The molecule has 0 aromatic carbocycles. The molecule has 1 N–H and O–H groups in total. The Labute approximate surface area is 138 Å². The molecule has 130 valence electrons. The average molecular weight is 344 g/mol. The lowest BCUT2D eigenvalue weighted by molar-refractivity contribution is -0.198. The van der Waals surface area contributed by atoms with Crippen LogP contribution in [0.2, 0.25) is 0 Å². The SMILES string of the molecule is O=C(OC(F)(C1CCCC1)S(=O)O)C12CC3CC(CC(C3)C1)C2. The number of alkyl halides is 1. The quantitative estimate of drug-likeness (QED) is 0.623. The molecule has 0 spiro atoms. The lowest BCUT2D eigenvalue weighted by Gasteiger charge is -2.55. The second-order valence-corrected chi connectivity index (χ2v) is 9.46. The van der Waals surface area contributed by atoms with Crippen LogP contribution in [0.5, 0.6) is 0 Å². The third-order valence-corrected chi connectivity index (χ3v) is 7.68. The molecule has 4 bridgehead atoms. The van der Waals surface area contributed by atoms with Crippen molar-refractivity contribution in [1.82, 2.24) is 0 Å². The zero-order valence-corrected chi connectivity index (χ0v) is 14.2. The summed E-state index contributed by atoms with van der Waals surface area (Å²) in [5, 5.41) is -2.73. The van der Waals surface area contributed by atoms with E-state index in [1.165, 1.54) is 19.3 Å². The molecule has 2 unspecified atom stereocenters. The van der Waals surface area contributed by atoms with Gasteiger partial charge in [0.1, 0.15) is 0 Å². The fourth-order valence-corrected chi connectivity index (χ4v) is 6.80. The maximum Gasteiger partial charge on any atom is 0.354 e. The Bertz CT molecular complexity index is 495. The molecule has 5 rings (SSSR count). The normalized spacial score (nSPS) is 43.3. The Morgan fingerprint density at radius 2 is 1.57 bits per heavy atom. The Balaban J connectivity index is 1.55. The molecule has 6 heteroatoms. The van der Waals surface area contributed by atoms with Crippen LogP contribution in [0.4, 0.5) is 4.39 Å². The van der Waals surface area contributed by atoms with E-state index >= 15 is 4.39 Å². The van der Waals surface area contributed by atoms with Crippen molar-refractivity contribution in [2.45, 2.75) is 69.4 Å². The number of rotatable bonds is 4. The Morgan fingerprint density at radius 3 is 2.00 bits per heavy atom. The van der Waals surface area contributed by atoms with E-state index in [2.05, 4.69) is 0 Å². The van der Waals surface area contributed by atoms with Gasteiger partial charge in [-0.05, 0) is 69.1 Å². The summed E-state index contributed by atoms with van der Waals surface area (Å²) >= 11 is -2.80. The van der Waals surface area contributed by atoms with Crippen LogP contribution >= 0.6 is 0 Å². The van der Waals surface area contributed by atoms with Crippen molar-refractivity contribution in [2.24, 2.45) is 29.1 Å². The van der Waals surface area contributed by atoms with E-state index in [4.69, 9.17) is 4.74 Å². The monoisotopic (exact) mass is 344 g/mol. The minimum absolute atomic E-state index is 0.511. The number of hydrogen-bond donors (Lipinski definition) is 1. The molecule has 0 radical (unpaired) electrons. The van der Waals surface area contributed by atoms with E-state index in [0.717, 1.165) is 32.1 Å². The van der Waals surface area contributed by atoms with Gasteiger partial charge in [-0.3, -0.25) is 4.79 Å². The van der Waals surface area contributed by atoms with Gasteiger partial charge >= 0.3 is 11.2 Å². The highest BCUT2D eigenvalue weighted by Gasteiger charge is 2.59. The number of carbonyl (C=O) groups is 1.